The molecule has 88 valence electrons. The Labute approximate surface area is 92.6 Å². The van der Waals surface area contributed by atoms with Crippen molar-refractivity contribution in [2.24, 2.45) is 0 Å². The molecule has 0 saturated carbocycles. The Kier molecular flexibility index (Phi) is 4.84. The second-order valence-corrected chi connectivity index (χ2v) is 3.29. The molecule has 0 spiro atoms. The lowest BCUT2D eigenvalue weighted by Gasteiger charge is -2.12. The fourth-order valence-electron chi connectivity index (χ4n) is 1.09. The minimum atomic E-state index is -1.02. The summed E-state index contributed by atoms with van der Waals surface area (Å²) >= 11 is 0. The van der Waals surface area contributed by atoms with Crippen molar-refractivity contribution in [1.82, 2.24) is 10.3 Å². The number of nitrogens with one attached hydrogen (secondary N) is 1. The predicted octanol–water partition coefficient (Wildman–Crippen LogP) is -0.777. The monoisotopic (exact) mass is 226 g/mol. The zero-order valence-corrected chi connectivity index (χ0v) is 8.63. The lowest BCUT2D eigenvalue weighted by Crippen LogP contribution is -2.35. The highest BCUT2D eigenvalue weighted by molar-refractivity contribution is 5.87. The van der Waals surface area contributed by atoms with Crippen LogP contribution in [0.25, 0.3) is 0 Å². The number of pyridine rings is 1. The van der Waals surface area contributed by atoms with Gasteiger partial charge in [0.2, 0.25) is 0 Å². The largest absolute Gasteiger partial charge is 0.478 e. The SMILES string of the molecule is O=C(O)c1ccc(CNC(CO)CO)nc1. The Morgan fingerprint density at radius 3 is 2.50 bits per heavy atom. The fourth-order valence-corrected chi connectivity index (χ4v) is 1.09. The first kappa shape index (κ1) is 12.6. The van der Waals surface area contributed by atoms with Crippen LogP contribution in [0.2, 0.25) is 0 Å². The average Bonchev–Trinajstić information content (AvgIpc) is 2.31. The summed E-state index contributed by atoms with van der Waals surface area (Å²) in [4.78, 5) is 14.5. The van der Waals surface area contributed by atoms with Crippen LogP contribution in [0.3, 0.4) is 0 Å². The Balaban J connectivity index is 2.52. The van der Waals surface area contributed by atoms with Crippen LogP contribution in [-0.4, -0.2) is 45.5 Å². The number of carboxylic acids is 1. The average molecular weight is 226 g/mol. The summed E-state index contributed by atoms with van der Waals surface area (Å²) in [6, 6.07) is 2.66. The molecule has 4 N–H and O–H groups in total. The smallest absolute Gasteiger partial charge is 0.337 e. The van der Waals surface area contributed by atoms with Crippen LogP contribution >= 0.6 is 0 Å². The van der Waals surface area contributed by atoms with Gasteiger partial charge in [-0.15, -0.1) is 0 Å². The maximum atomic E-state index is 10.5. The van der Waals surface area contributed by atoms with Gasteiger partial charge in [0.25, 0.3) is 0 Å². The van der Waals surface area contributed by atoms with E-state index in [1.807, 2.05) is 0 Å². The van der Waals surface area contributed by atoms with E-state index in [9.17, 15) is 4.79 Å². The lowest BCUT2D eigenvalue weighted by atomic mass is 10.2. The number of aliphatic hydroxyl groups is 2. The van der Waals surface area contributed by atoms with E-state index >= 15 is 0 Å². The first-order valence-corrected chi connectivity index (χ1v) is 4.80. The highest BCUT2D eigenvalue weighted by Gasteiger charge is 2.06. The third-order valence-electron chi connectivity index (χ3n) is 2.08. The van der Waals surface area contributed by atoms with E-state index in [0.717, 1.165) is 0 Å². The first-order valence-electron chi connectivity index (χ1n) is 4.80. The summed E-state index contributed by atoms with van der Waals surface area (Å²) in [7, 11) is 0. The predicted molar refractivity (Wildman–Crippen MR) is 56.0 cm³/mol. The van der Waals surface area contributed by atoms with Gasteiger partial charge in [-0.25, -0.2) is 4.79 Å². The summed E-state index contributed by atoms with van der Waals surface area (Å²) < 4.78 is 0. The molecule has 0 aliphatic rings. The van der Waals surface area contributed by atoms with Crippen molar-refractivity contribution in [2.75, 3.05) is 13.2 Å². The normalized spacial score (nSPS) is 10.7. The van der Waals surface area contributed by atoms with Crippen molar-refractivity contribution < 1.29 is 20.1 Å². The summed E-state index contributed by atoms with van der Waals surface area (Å²) in [5, 5.41) is 29.1. The minimum Gasteiger partial charge on any atom is -0.478 e. The molecule has 0 unspecified atom stereocenters. The molecule has 0 radical (unpaired) electrons. The summed E-state index contributed by atoms with van der Waals surface area (Å²) in [5.41, 5.74) is 0.779. The fraction of sp³-hybridized carbons (Fsp3) is 0.400. The molecule has 0 fully saturated rings. The highest BCUT2D eigenvalue weighted by Crippen LogP contribution is 2.00. The van der Waals surface area contributed by atoms with E-state index in [-0.39, 0.29) is 24.8 Å². The number of rotatable bonds is 6. The molecule has 0 aliphatic carbocycles. The quantitative estimate of drug-likeness (QED) is 0.507. The van der Waals surface area contributed by atoms with Gasteiger partial charge >= 0.3 is 5.97 Å². The van der Waals surface area contributed by atoms with Crippen molar-refractivity contribution in [3.05, 3.63) is 29.6 Å². The Bertz CT molecular complexity index is 335. The first-order chi connectivity index (χ1) is 7.67. The third kappa shape index (κ3) is 3.58. The van der Waals surface area contributed by atoms with Crippen LogP contribution in [0.4, 0.5) is 0 Å². The van der Waals surface area contributed by atoms with Gasteiger partial charge in [-0.05, 0) is 12.1 Å². The van der Waals surface area contributed by atoms with E-state index in [4.69, 9.17) is 15.3 Å². The van der Waals surface area contributed by atoms with E-state index in [0.29, 0.717) is 12.2 Å². The lowest BCUT2D eigenvalue weighted by molar-refractivity contribution is 0.0696. The van der Waals surface area contributed by atoms with Gasteiger partial charge in [0.15, 0.2) is 0 Å². The van der Waals surface area contributed by atoms with Gasteiger partial charge in [0.1, 0.15) is 0 Å². The van der Waals surface area contributed by atoms with Crippen molar-refractivity contribution in [3.8, 4) is 0 Å². The van der Waals surface area contributed by atoms with Gasteiger partial charge in [0.05, 0.1) is 30.5 Å². The van der Waals surface area contributed by atoms with Gasteiger partial charge in [-0.3, -0.25) is 4.98 Å². The van der Waals surface area contributed by atoms with E-state index < -0.39 is 5.97 Å². The van der Waals surface area contributed by atoms with E-state index in [2.05, 4.69) is 10.3 Å². The van der Waals surface area contributed by atoms with Crippen LogP contribution in [0, 0.1) is 0 Å². The second-order valence-electron chi connectivity index (χ2n) is 3.29. The Hall–Kier alpha value is -1.50. The molecule has 6 nitrogen and oxygen atoms in total. The number of aromatic nitrogens is 1. The maximum absolute atomic E-state index is 10.5. The number of aliphatic hydroxyl groups excluding tert-OH is 2. The molecule has 0 aliphatic heterocycles. The van der Waals surface area contributed by atoms with E-state index in [1.165, 1.54) is 12.3 Å². The van der Waals surface area contributed by atoms with Gasteiger partial charge < -0.3 is 20.6 Å². The molecule has 0 bridgehead atoms. The zero-order valence-electron chi connectivity index (χ0n) is 8.63. The van der Waals surface area contributed by atoms with Crippen LogP contribution < -0.4 is 5.32 Å². The molecular weight excluding hydrogens is 212 g/mol. The maximum Gasteiger partial charge on any atom is 0.337 e. The molecule has 1 heterocycles. The molecule has 0 aromatic carbocycles. The molecule has 16 heavy (non-hydrogen) atoms. The Morgan fingerprint density at radius 2 is 2.06 bits per heavy atom. The van der Waals surface area contributed by atoms with Crippen LogP contribution in [0.1, 0.15) is 16.1 Å². The number of nitrogens with zero attached hydrogens (tertiary/aromatic N) is 1. The van der Waals surface area contributed by atoms with Gasteiger partial charge in [-0.2, -0.15) is 0 Å². The number of hydrogen-bond acceptors (Lipinski definition) is 5. The van der Waals surface area contributed by atoms with Gasteiger partial charge in [0, 0.05) is 12.7 Å². The van der Waals surface area contributed by atoms with Crippen LogP contribution in [-0.2, 0) is 6.54 Å². The van der Waals surface area contributed by atoms with Crippen molar-refractivity contribution in [3.63, 3.8) is 0 Å². The zero-order chi connectivity index (χ0) is 12.0. The second kappa shape index (κ2) is 6.16. The number of carboxylic acid groups (broad SMARTS) is 1. The molecule has 1 rings (SSSR count). The van der Waals surface area contributed by atoms with Crippen molar-refractivity contribution in [2.45, 2.75) is 12.6 Å². The molecule has 6 heteroatoms. The summed E-state index contributed by atoms with van der Waals surface area (Å²) in [5.74, 6) is -1.02. The van der Waals surface area contributed by atoms with Crippen LogP contribution in [0.5, 0.6) is 0 Å². The summed E-state index contributed by atoms with van der Waals surface area (Å²) in [6.07, 6.45) is 1.27. The number of aromatic carboxylic acids is 1. The molecule has 0 atom stereocenters. The third-order valence-corrected chi connectivity index (χ3v) is 2.08. The molecular formula is C10H14N2O4. The van der Waals surface area contributed by atoms with Crippen molar-refractivity contribution in [1.29, 1.82) is 0 Å². The molecule has 1 aromatic rings. The standard InChI is InChI=1S/C10H14N2O4/c13-5-9(6-14)12-4-8-2-1-7(3-11-8)10(15)16/h1-3,9,12-14H,4-6H2,(H,15,16). The summed E-state index contributed by atoms with van der Waals surface area (Å²) in [6.45, 7) is 0.0408. The Morgan fingerprint density at radius 1 is 1.38 bits per heavy atom. The van der Waals surface area contributed by atoms with E-state index in [1.54, 1.807) is 6.07 Å². The van der Waals surface area contributed by atoms with Crippen molar-refractivity contribution >= 4 is 5.97 Å². The number of hydrogen-bond donors (Lipinski definition) is 4. The minimum absolute atomic E-state index is 0.129. The van der Waals surface area contributed by atoms with Crippen LogP contribution in [0.15, 0.2) is 18.3 Å². The number of carbonyl (C=O) groups is 1. The molecule has 0 amide bonds. The molecule has 1 aromatic heterocycles. The van der Waals surface area contributed by atoms with Gasteiger partial charge in [-0.1, -0.05) is 0 Å². The highest BCUT2D eigenvalue weighted by atomic mass is 16.4. The topological polar surface area (TPSA) is 103 Å². The molecule has 0 saturated heterocycles.